The summed E-state index contributed by atoms with van der Waals surface area (Å²) < 4.78 is 0. The molecule has 132 valence electrons. The summed E-state index contributed by atoms with van der Waals surface area (Å²) in [4.78, 5) is 27.4. The van der Waals surface area contributed by atoms with Crippen molar-refractivity contribution in [3.8, 4) is 21.8 Å². The number of nitrogens with one attached hydrogen (secondary N) is 1. The maximum absolute atomic E-state index is 11.6. The molecular formula is C20H18N2O3S. The van der Waals surface area contributed by atoms with Gasteiger partial charge < -0.3 is 10.4 Å². The van der Waals surface area contributed by atoms with Crippen molar-refractivity contribution in [2.24, 2.45) is 0 Å². The molecule has 0 atom stereocenters. The highest BCUT2D eigenvalue weighted by Gasteiger charge is 2.10. The molecule has 0 spiro atoms. The number of carbonyl (C=O) groups excluding carboxylic acids is 1. The summed E-state index contributed by atoms with van der Waals surface area (Å²) in [5, 5.41) is 14.7. The number of carboxylic acid groups (broad SMARTS) is 1. The second kappa shape index (κ2) is 7.93. The lowest BCUT2D eigenvalue weighted by Gasteiger charge is -2.05. The van der Waals surface area contributed by atoms with Crippen LogP contribution in [-0.2, 0) is 4.79 Å². The minimum absolute atomic E-state index is 0.00880. The van der Waals surface area contributed by atoms with Crippen LogP contribution in [0.2, 0.25) is 0 Å². The number of hydrogen-bond donors (Lipinski definition) is 2. The number of aromatic nitrogens is 1. The lowest BCUT2D eigenvalue weighted by atomic mass is 10.1. The molecule has 1 aromatic heterocycles. The van der Waals surface area contributed by atoms with Gasteiger partial charge in [0.2, 0.25) is 5.91 Å². The summed E-state index contributed by atoms with van der Waals surface area (Å²) in [5.41, 5.74) is 3.54. The average molecular weight is 366 g/mol. The highest BCUT2D eigenvalue weighted by molar-refractivity contribution is 7.13. The lowest BCUT2D eigenvalue weighted by Crippen LogP contribution is -2.10. The fourth-order valence-electron chi connectivity index (χ4n) is 2.50. The Hall–Kier alpha value is -2.99. The van der Waals surface area contributed by atoms with Crippen molar-refractivity contribution >= 4 is 28.9 Å². The van der Waals surface area contributed by atoms with Crippen LogP contribution in [0.25, 0.3) is 21.8 Å². The SMILES string of the molecule is CCCC(=O)Nc1ccc(-c2csc(-c3cccc(C(=O)O)c3)n2)cc1. The quantitative estimate of drug-likeness (QED) is 0.649. The Morgan fingerprint density at radius 1 is 1.12 bits per heavy atom. The van der Waals surface area contributed by atoms with Gasteiger partial charge in [-0.1, -0.05) is 31.2 Å². The molecule has 1 amide bonds. The predicted molar refractivity (Wildman–Crippen MR) is 103 cm³/mol. The number of carboxylic acids is 1. The Morgan fingerprint density at radius 2 is 1.88 bits per heavy atom. The predicted octanol–water partition coefficient (Wildman–Crippen LogP) is 4.91. The molecule has 26 heavy (non-hydrogen) atoms. The zero-order chi connectivity index (χ0) is 18.5. The third-order valence-electron chi connectivity index (χ3n) is 3.80. The van der Waals surface area contributed by atoms with Crippen LogP contribution in [0.15, 0.2) is 53.9 Å². The van der Waals surface area contributed by atoms with Gasteiger partial charge in [-0.2, -0.15) is 0 Å². The van der Waals surface area contributed by atoms with E-state index in [0.29, 0.717) is 6.42 Å². The zero-order valence-electron chi connectivity index (χ0n) is 14.2. The number of carbonyl (C=O) groups is 2. The van der Waals surface area contributed by atoms with Crippen LogP contribution in [0, 0.1) is 0 Å². The molecule has 0 fully saturated rings. The summed E-state index contributed by atoms with van der Waals surface area (Å²) in [6.45, 7) is 1.97. The number of hydrogen-bond acceptors (Lipinski definition) is 4. The number of anilines is 1. The van der Waals surface area contributed by atoms with Gasteiger partial charge in [0.15, 0.2) is 0 Å². The van der Waals surface area contributed by atoms with Gasteiger partial charge in [0.1, 0.15) is 5.01 Å². The van der Waals surface area contributed by atoms with E-state index in [9.17, 15) is 9.59 Å². The van der Waals surface area contributed by atoms with Crippen molar-refractivity contribution in [3.63, 3.8) is 0 Å². The van der Waals surface area contributed by atoms with Crippen LogP contribution in [-0.4, -0.2) is 22.0 Å². The van der Waals surface area contributed by atoms with Crippen molar-refractivity contribution in [2.45, 2.75) is 19.8 Å². The van der Waals surface area contributed by atoms with Crippen molar-refractivity contribution in [3.05, 3.63) is 59.5 Å². The molecule has 1 heterocycles. The summed E-state index contributed by atoms with van der Waals surface area (Å²) in [6, 6.07) is 14.3. The zero-order valence-corrected chi connectivity index (χ0v) is 15.0. The third kappa shape index (κ3) is 4.15. The van der Waals surface area contributed by atoms with E-state index in [1.165, 1.54) is 11.3 Å². The van der Waals surface area contributed by atoms with E-state index >= 15 is 0 Å². The van der Waals surface area contributed by atoms with Crippen LogP contribution in [0.3, 0.4) is 0 Å². The van der Waals surface area contributed by atoms with E-state index in [2.05, 4.69) is 10.3 Å². The maximum Gasteiger partial charge on any atom is 0.335 e. The molecule has 3 rings (SSSR count). The van der Waals surface area contributed by atoms with Crippen LogP contribution in [0.1, 0.15) is 30.1 Å². The van der Waals surface area contributed by atoms with Crippen LogP contribution >= 0.6 is 11.3 Å². The molecule has 0 aliphatic heterocycles. The highest BCUT2D eigenvalue weighted by atomic mass is 32.1. The van der Waals surface area contributed by atoms with Gasteiger partial charge in [0.25, 0.3) is 0 Å². The van der Waals surface area contributed by atoms with Crippen LogP contribution in [0.4, 0.5) is 5.69 Å². The van der Waals surface area contributed by atoms with E-state index in [1.54, 1.807) is 18.2 Å². The van der Waals surface area contributed by atoms with Gasteiger partial charge in [-0.3, -0.25) is 4.79 Å². The van der Waals surface area contributed by atoms with E-state index in [4.69, 9.17) is 5.11 Å². The van der Waals surface area contributed by atoms with Gasteiger partial charge in [-0.25, -0.2) is 9.78 Å². The molecule has 0 aliphatic rings. The first-order chi connectivity index (χ1) is 12.6. The Kier molecular flexibility index (Phi) is 5.43. The number of thiazole rings is 1. The van der Waals surface area contributed by atoms with Crippen LogP contribution in [0.5, 0.6) is 0 Å². The molecule has 2 aromatic carbocycles. The standard InChI is InChI=1S/C20H18N2O3S/c1-2-4-18(23)21-16-9-7-13(8-10-16)17-12-26-19(22-17)14-5-3-6-15(11-14)20(24)25/h3,5-12H,2,4H2,1H3,(H,21,23)(H,24,25). The monoisotopic (exact) mass is 366 g/mol. The topological polar surface area (TPSA) is 79.3 Å². The number of rotatable bonds is 6. The number of benzene rings is 2. The number of aromatic carboxylic acids is 1. The molecule has 0 saturated carbocycles. The smallest absolute Gasteiger partial charge is 0.335 e. The van der Waals surface area contributed by atoms with Crippen molar-refractivity contribution in [1.82, 2.24) is 4.98 Å². The number of amides is 1. The second-order valence-electron chi connectivity index (χ2n) is 5.80. The third-order valence-corrected chi connectivity index (χ3v) is 4.69. The largest absolute Gasteiger partial charge is 0.478 e. The molecule has 0 aliphatic carbocycles. The molecule has 6 heteroatoms. The van der Waals surface area contributed by atoms with E-state index < -0.39 is 5.97 Å². The Labute approximate surface area is 155 Å². The molecule has 5 nitrogen and oxygen atoms in total. The number of nitrogens with zero attached hydrogens (tertiary/aromatic N) is 1. The lowest BCUT2D eigenvalue weighted by molar-refractivity contribution is -0.116. The highest BCUT2D eigenvalue weighted by Crippen LogP contribution is 2.30. The normalized spacial score (nSPS) is 10.5. The van der Waals surface area contributed by atoms with Gasteiger partial charge in [-0.05, 0) is 30.7 Å². The first-order valence-corrected chi connectivity index (χ1v) is 9.14. The van der Waals surface area contributed by atoms with Crippen molar-refractivity contribution < 1.29 is 14.7 Å². The minimum Gasteiger partial charge on any atom is -0.478 e. The molecule has 3 aromatic rings. The van der Waals surface area contributed by atoms with Gasteiger partial charge in [-0.15, -0.1) is 11.3 Å². The molecule has 0 radical (unpaired) electrons. The molecule has 2 N–H and O–H groups in total. The van der Waals surface area contributed by atoms with Crippen molar-refractivity contribution in [2.75, 3.05) is 5.32 Å². The van der Waals surface area contributed by atoms with Gasteiger partial charge in [0, 0.05) is 28.6 Å². The second-order valence-corrected chi connectivity index (χ2v) is 6.66. The van der Waals surface area contributed by atoms with E-state index in [0.717, 1.165) is 33.9 Å². The molecule has 0 unspecified atom stereocenters. The van der Waals surface area contributed by atoms with Gasteiger partial charge >= 0.3 is 5.97 Å². The summed E-state index contributed by atoms with van der Waals surface area (Å²) in [6.07, 6.45) is 1.32. The van der Waals surface area contributed by atoms with E-state index in [1.807, 2.05) is 42.6 Å². The van der Waals surface area contributed by atoms with Crippen LogP contribution < -0.4 is 5.32 Å². The van der Waals surface area contributed by atoms with E-state index in [-0.39, 0.29) is 11.5 Å². The first kappa shape index (κ1) is 17.8. The fraction of sp³-hybridized carbons (Fsp3) is 0.150. The average Bonchev–Trinajstić information content (AvgIpc) is 3.13. The van der Waals surface area contributed by atoms with Gasteiger partial charge in [0.05, 0.1) is 11.3 Å². The Balaban J connectivity index is 1.78. The Morgan fingerprint density at radius 3 is 2.58 bits per heavy atom. The minimum atomic E-state index is -0.954. The summed E-state index contributed by atoms with van der Waals surface area (Å²) >= 11 is 1.47. The summed E-state index contributed by atoms with van der Waals surface area (Å²) in [7, 11) is 0. The fourth-order valence-corrected chi connectivity index (χ4v) is 3.33. The molecule has 0 bridgehead atoms. The maximum atomic E-state index is 11.6. The Bertz CT molecular complexity index is 932. The summed E-state index contributed by atoms with van der Waals surface area (Å²) in [5.74, 6) is -0.946. The molecular weight excluding hydrogens is 348 g/mol. The molecule has 0 saturated heterocycles. The van der Waals surface area contributed by atoms with Crippen molar-refractivity contribution in [1.29, 1.82) is 0 Å². The first-order valence-electron chi connectivity index (χ1n) is 8.26.